The summed E-state index contributed by atoms with van der Waals surface area (Å²) in [5.74, 6) is 5.53. The van der Waals surface area contributed by atoms with Gasteiger partial charge >= 0.3 is 0 Å². The summed E-state index contributed by atoms with van der Waals surface area (Å²) in [5.41, 5.74) is 0. The largest absolute Gasteiger partial charge is 0.316 e. The molecule has 3 nitrogen and oxygen atoms in total. The predicted octanol–water partition coefficient (Wildman–Crippen LogP) is 0.330. The quantitative estimate of drug-likeness (QED) is 0.615. The van der Waals surface area contributed by atoms with Crippen molar-refractivity contribution in [2.75, 3.05) is 19.7 Å². The zero-order chi connectivity index (χ0) is 5.82. The molecule has 1 aliphatic rings. The van der Waals surface area contributed by atoms with Crippen LogP contribution in [-0.4, -0.2) is 19.7 Å². The first kappa shape index (κ1) is 13.1. The maximum atomic E-state index is 4.88. The zero-order valence-corrected chi connectivity index (χ0v) is 7.34. The van der Waals surface area contributed by atoms with Crippen LogP contribution in [0.15, 0.2) is 0 Å². The van der Waals surface area contributed by atoms with Gasteiger partial charge in [0.1, 0.15) is 0 Å². The van der Waals surface area contributed by atoms with E-state index in [2.05, 4.69) is 10.2 Å². The third-order valence-corrected chi connectivity index (χ3v) is 1.49. The van der Waals surface area contributed by atoms with Gasteiger partial charge in [0, 0.05) is 6.54 Å². The van der Waals surface area contributed by atoms with Crippen molar-refractivity contribution in [3.05, 3.63) is 0 Å². The summed E-state index contributed by atoms with van der Waals surface area (Å²) in [4.78, 5) is 4.49. The van der Waals surface area contributed by atoms with Gasteiger partial charge in [0.25, 0.3) is 0 Å². The van der Waals surface area contributed by atoms with Crippen LogP contribution in [0.2, 0.25) is 0 Å². The molecule has 1 unspecified atom stereocenters. The van der Waals surface area contributed by atoms with Gasteiger partial charge in [-0.25, -0.2) is 5.90 Å². The number of nitrogens with two attached hydrogens (primary N) is 1. The fraction of sp³-hybridized carbons (Fsp3) is 1.00. The van der Waals surface area contributed by atoms with E-state index in [0.29, 0.717) is 12.5 Å². The van der Waals surface area contributed by atoms with Crippen LogP contribution in [0.4, 0.5) is 0 Å². The molecule has 3 N–H and O–H groups in total. The van der Waals surface area contributed by atoms with Crippen LogP contribution >= 0.6 is 24.8 Å². The Morgan fingerprint density at radius 1 is 1.50 bits per heavy atom. The second-order valence-electron chi connectivity index (χ2n) is 2.19. The van der Waals surface area contributed by atoms with Crippen LogP contribution in [-0.2, 0) is 4.84 Å². The fourth-order valence-corrected chi connectivity index (χ4v) is 0.993. The average molecular weight is 189 g/mol. The van der Waals surface area contributed by atoms with Crippen molar-refractivity contribution in [3.8, 4) is 0 Å². The van der Waals surface area contributed by atoms with Crippen molar-refractivity contribution in [1.29, 1.82) is 0 Å². The molecule has 1 aliphatic heterocycles. The van der Waals surface area contributed by atoms with Crippen LogP contribution in [0.25, 0.3) is 0 Å². The summed E-state index contributed by atoms with van der Waals surface area (Å²) in [7, 11) is 0. The first-order valence-electron chi connectivity index (χ1n) is 2.96. The Kier molecular flexibility index (Phi) is 9.90. The van der Waals surface area contributed by atoms with Gasteiger partial charge in [0.2, 0.25) is 0 Å². The Hall–Kier alpha value is 0.460. The lowest BCUT2D eigenvalue weighted by Gasteiger charge is -2.02. The van der Waals surface area contributed by atoms with Gasteiger partial charge < -0.3 is 10.2 Å². The number of halogens is 2. The monoisotopic (exact) mass is 188 g/mol. The Morgan fingerprint density at radius 2 is 2.20 bits per heavy atom. The van der Waals surface area contributed by atoms with E-state index in [1.807, 2.05) is 0 Å². The molecular weight excluding hydrogens is 175 g/mol. The number of hydrogen-bond acceptors (Lipinski definition) is 3. The molecule has 0 amide bonds. The van der Waals surface area contributed by atoms with Gasteiger partial charge in [-0.3, -0.25) is 0 Å². The standard InChI is InChI=1S/C5H12N2O.2ClH/c6-8-4-5-1-2-7-3-5;;/h5,7H,1-4,6H2;2*1H. The smallest absolute Gasteiger partial charge is 0.0720 e. The third-order valence-electron chi connectivity index (χ3n) is 1.49. The van der Waals surface area contributed by atoms with E-state index < -0.39 is 0 Å². The van der Waals surface area contributed by atoms with Gasteiger partial charge in [-0.1, -0.05) is 0 Å². The van der Waals surface area contributed by atoms with Crippen LogP contribution in [0.5, 0.6) is 0 Å². The van der Waals surface area contributed by atoms with Crippen LogP contribution < -0.4 is 11.2 Å². The predicted molar refractivity (Wildman–Crippen MR) is 45.6 cm³/mol. The average Bonchev–Trinajstić information content (AvgIpc) is 2.19. The Morgan fingerprint density at radius 3 is 2.60 bits per heavy atom. The Labute approximate surface area is 73.5 Å². The van der Waals surface area contributed by atoms with Crippen molar-refractivity contribution in [3.63, 3.8) is 0 Å². The van der Waals surface area contributed by atoms with E-state index in [0.717, 1.165) is 13.1 Å². The molecule has 0 aromatic heterocycles. The summed E-state index contributed by atoms with van der Waals surface area (Å²) in [5, 5.41) is 3.22. The van der Waals surface area contributed by atoms with Gasteiger partial charge in [0.15, 0.2) is 0 Å². The lowest BCUT2D eigenvalue weighted by Crippen LogP contribution is -2.15. The summed E-state index contributed by atoms with van der Waals surface area (Å²) < 4.78 is 0. The SMILES string of the molecule is Cl.Cl.NOCC1CCNC1. The normalized spacial score (nSPS) is 23.1. The first-order chi connectivity index (χ1) is 3.93. The molecule has 64 valence electrons. The van der Waals surface area contributed by atoms with E-state index in [-0.39, 0.29) is 24.8 Å². The van der Waals surface area contributed by atoms with Crippen LogP contribution in [0, 0.1) is 5.92 Å². The molecular formula is C5H14Cl2N2O. The van der Waals surface area contributed by atoms with Crippen molar-refractivity contribution >= 4 is 24.8 Å². The van der Waals surface area contributed by atoms with Crippen molar-refractivity contribution < 1.29 is 4.84 Å². The van der Waals surface area contributed by atoms with Crippen molar-refractivity contribution in [2.24, 2.45) is 11.8 Å². The number of nitrogens with one attached hydrogen (secondary N) is 1. The highest BCUT2D eigenvalue weighted by molar-refractivity contribution is 5.85. The minimum Gasteiger partial charge on any atom is -0.316 e. The summed E-state index contributed by atoms with van der Waals surface area (Å²) >= 11 is 0. The molecule has 0 aliphatic carbocycles. The van der Waals surface area contributed by atoms with E-state index in [4.69, 9.17) is 5.90 Å². The van der Waals surface area contributed by atoms with Crippen molar-refractivity contribution in [2.45, 2.75) is 6.42 Å². The first-order valence-corrected chi connectivity index (χ1v) is 2.96. The highest BCUT2D eigenvalue weighted by Crippen LogP contribution is 2.05. The van der Waals surface area contributed by atoms with E-state index in [1.165, 1.54) is 6.42 Å². The molecule has 5 heteroatoms. The Balaban J connectivity index is 0. The number of rotatable bonds is 2. The number of hydrogen-bond donors (Lipinski definition) is 2. The molecule has 0 aromatic rings. The van der Waals surface area contributed by atoms with E-state index in [1.54, 1.807) is 0 Å². The molecule has 0 aromatic carbocycles. The molecule has 0 radical (unpaired) electrons. The molecule has 0 saturated carbocycles. The Bertz CT molecular complexity index is 68.7. The molecule has 1 heterocycles. The van der Waals surface area contributed by atoms with Crippen LogP contribution in [0.1, 0.15) is 6.42 Å². The summed E-state index contributed by atoms with van der Waals surface area (Å²) in [6.07, 6.45) is 1.21. The lowest BCUT2D eigenvalue weighted by molar-refractivity contribution is 0.107. The maximum absolute atomic E-state index is 4.88. The van der Waals surface area contributed by atoms with E-state index >= 15 is 0 Å². The van der Waals surface area contributed by atoms with E-state index in [9.17, 15) is 0 Å². The topological polar surface area (TPSA) is 47.3 Å². The molecule has 10 heavy (non-hydrogen) atoms. The molecule has 1 saturated heterocycles. The minimum absolute atomic E-state index is 0. The second kappa shape index (κ2) is 7.57. The highest BCUT2D eigenvalue weighted by Gasteiger charge is 2.12. The molecule has 1 atom stereocenters. The second-order valence-corrected chi connectivity index (χ2v) is 2.19. The third kappa shape index (κ3) is 4.30. The zero-order valence-electron chi connectivity index (χ0n) is 5.71. The molecule has 1 rings (SSSR count). The molecule has 1 fully saturated rings. The fourth-order valence-electron chi connectivity index (χ4n) is 0.993. The van der Waals surface area contributed by atoms with Crippen LogP contribution in [0.3, 0.4) is 0 Å². The summed E-state index contributed by atoms with van der Waals surface area (Å²) in [6, 6.07) is 0. The molecule has 0 spiro atoms. The minimum atomic E-state index is 0. The van der Waals surface area contributed by atoms with Gasteiger partial charge in [0.05, 0.1) is 6.61 Å². The summed E-state index contributed by atoms with van der Waals surface area (Å²) in [6.45, 7) is 2.89. The van der Waals surface area contributed by atoms with Gasteiger partial charge in [-0.15, -0.1) is 24.8 Å². The molecule has 0 bridgehead atoms. The maximum Gasteiger partial charge on any atom is 0.0720 e. The van der Waals surface area contributed by atoms with Crippen molar-refractivity contribution in [1.82, 2.24) is 5.32 Å². The van der Waals surface area contributed by atoms with Gasteiger partial charge in [-0.2, -0.15) is 0 Å². The highest BCUT2D eigenvalue weighted by atomic mass is 35.5. The van der Waals surface area contributed by atoms with Gasteiger partial charge in [-0.05, 0) is 18.9 Å². The lowest BCUT2D eigenvalue weighted by atomic mass is 10.1.